The van der Waals surface area contributed by atoms with Gasteiger partial charge in [0, 0.05) is 0 Å². The minimum absolute atomic E-state index is 1.52. The number of esters is 1. The molecule has 1 saturated carbocycles. The van der Waals surface area contributed by atoms with Gasteiger partial charge in [-0.2, -0.15) is 52.7 Å². The maximum absolute atomic E-state index is 14.0. The Morgan fingerprint density at radius 1 is 0.786 bits per heavy atom. The third-order valence-electron chi connectivity index (χ3n) is 3.38. The molecule has 0 aliphatic heterocycles. The molecule has 0 aromatic carbocycles. The van der Waals surface area contributed by atoms with Crippen molar-refractivity contribution < 1.29 is 81.2 Å². The van der Waals surface area contributed by atoms with E-state index in [1.807, 2.05) is 0 Å². The second-order valence-electron chi connectivity index (χ2n) is 4.99. The first-order valence-corrected chi connectivity index (χ1v) is 6.72. The number of rotatable bonds is 6. The zero-order valence-corrected chi connectivity index (χ0v) is 12.9. The Morgan fingerprint density at radius 3 is 1.50 bits per heavy atom. The van der Waals surface area contributed by atoms with Gasteiger partial charge in [0.2, 0.25) is 0 Å². The van der Waals surface area contributed by atoms with E-state index < -0.39 is 65.2 Å². The quantitative estimate of drug-likeness (QED) is 0.208. The SMILES string of the molecule is O=C(OCC1(F)C(F)(F)C(F)(F)C(F)(F)C(F)(F)C1(F)F)C(F)(F)SOOO. The van der Waals surface area contributed by atoms with Gasteiger partial charge in [-0.05, 0) is 0 Å². The first-order valence-electron chi connectivity index (χ1n) is 5.98. The first kappa shape index (κ1) is 24.8. The van der Waals surface area contributed by atoms with Gasteiger partial charge in [0.1, 0.15) is 18.6 Å². The van der Waals surface area contributed by atoms with Gasteiger partial charge in [-0.3, -0.25) is 0 Å². The Kier molecular flexibility index (Phi) is 5.90. The lowest BCUT2D eigenvalue weighted by atomic mass is 9.72. The van der Waals surface area contributed by atoms with Crippen LogP contribution in [0.25, 0.3) is 0 Å². The highest BCUT2D eigenvalue weighted by atomic mass is 32.2. The van der Waals surface area contributed by atoms with Crippen LogP contribution in [0.5, 0.6) is 0 Å². The van der Waals surface area contributed by atoms with Crippen molar-refractivity contribution in [3.8, 4) is 0 Å². The maximum atomic E-state index is 14.0. The first-order chi connectivity index (χ1) is 12.2. The van der Waals surface area contributed by atoms with Gasteiger partial charge in [0.25, 0.3) is 5.67 Å². The second kappa shape index (κ2) is 6.66. The molecule has 0 spiro atoms. The van der Waals surface area contributed by atoms with Crippen LogP contribution in [-0.2, 0) is 18.9 Å². The van der Waals surface area contributed by atoms with E-state index in [2.05, 4.69) is 14.1 Å². The molecule has 0 radical (unpaired) electrons. The van der Waals surface area contributed by atoms with Gasteiger partial charge in [-0.15, -0.1) is 4.33 Å². The van der Waals surface area contributed by atoms with Crippen molar-refractivity contribution in [2.45, 2.75) is 40.5 Å². The van der Waals surface area contributed by atoms with Gasteiger partial charge in [-0.25, -0.2) is 14.4 Å². The van der Waals surface area contributed by atoms with Crippen LogP contribution in [0.4, 0.5) is 57.1 Å². The third kappa shape index (κ3) is 2.88. The lowest BCUT2D eigenvalue weighted by Gasteiger charge is -2.52. The number of hydrogen-bond donors (Lipinski definition) is 1. The summed E-state index contributed by atoms with van der Waals surface area (Å²) in [5.74, 6) is -40.5. The normalized spacial score (nSPS) is 26.5. The monoisotopic (exact) mass is 470 g/mol. The fourth-order valence-corrected chi connectivity index (χ4v) is 2.05. The Labute approximate surface area is 147 Å². The minimum atomic E-state index is -7.50. The van der Waals surface area contributed by atoms with Crippen LogP contribution >= 0.6 is 12.0 Å². The summed E-state index contributed by atoms with van der Waals surface area (Å²) < 4.78 is 178. The van der Waals surface area contributed by atoms with Crippen molar-refractivity contribution in [2.75, 3.05) is 6.61 Å². The molecule has 28 heavy (non-hydrogen) atoms. The second-order valence-corrected chi connectivity index (χ2v) is 5.81. The van der Waals surface area contributed by atoms with Crippen molar-refractivity contribution in [1.29, 1.82) is 0 Å². The molecule has 1 aliphatic rings. The Hall–Kier alpha value is -1.21. The molecule has 0 saturated heterocycles. The smallest absolute Gasteiger partial charge is 0.415 e. The van der Waals surface area contributed by atoms with Gasteiger partial charge in [0.05, 0.1) is 0 Å². The summed E-state index contributed by atoms with van der Waals surface area (Å²) >= 11 is -1.52. The Morgan fingerprint density at radius 2 is 1.14 bits per heavy atom. The van der Waals surface area contributed by atoms with Gasteiger partial charge in [0.15, 0.2) is 0 Å². The van der Waals surface area contributed by atoms with Crippen LogP contribution in [0.3, 0.4) is 0 Å². The lowest BCUT2D eigenvalue weighted by molar-refractivity contribution is -0.487. The van der Waals surface area contributed by atoms with Gasteiger partial charge in [-0.1, -0.05) is 5.04 Å². The van der Waals surface area contributed by atoms with Crippen LogP contribution in [0, 0.1) is 0 Å². The Balaban J connectivity index is 3.37. The standard InChI is InChI=1S/C9H3F13O5S/c10-3(1-25-2(23)4(11,12)28-27-26-24)5(13,14)7(17,18)9(21,22)8(19,20)6(3,15)16/h24H,1H2. The van der Waals surface area contributed by atoms with Crippen LogP contribution in [0.1, 0.15) is 0 Å². The number of carbonyl (C=O) groups is 1. The highest BCUT2D eigenvalue weighted by Crippen LogP contribution is 2.69. The molecular weight excluding hydrogens is 467 g/mol. The fourth-order valence-electron chi connectivity index (χ4n) is 1.81. The number of hydrogen-bond acceptors (Lipinski definition) is 6. The topological polar surface area (TPSA) is 65.0 Å². The summed E-state index contributed by atoms with van der Waals surface area (Å²) in [6, 6.07) is 0. The minimum Gasteiger partial charge on any atom is -0.457 e. The van der Waals surface area contributed by atoms with E-state index in [9.17, 15) is 61.9 Å². The van der Waals surface area contributed by atoms with Crippen LogP contribution < -0.4 is 0 Å². The molecule has 0 amide bonds. The summed E-state index contributed by atoms with van der Waals surface area (Å²) in [6.45, 7) is -3.64. The average Bonchev–Trinajstić information content (AvgIpc) is 2.55. The van der Waals surface area contributed by atoms with Crippen molar-refractivity contribution in [3.05, 3.63) is 0 Å². The third-order valence-corrected chi connectivity index (χ3v) is 3.89. The number of halogens is 13. The Bertz CT molecular complexity index is 594. The highest BCUT2D eigenvalue weighted by Gasteiger charge is 3.01. The van der Waals surface area contributed by atoms with E-state index in [1.165, 1.54) is 0 Å². The molecule has 1 aliphatic carbocycles. The predicted molar refractivity (Wildman–Crippen MR) is 56.9 cm³/mol. The molecule has 0 bridgehead atoms. The highest BCUT2D eigenvalue weighted by molar-refractivity contribution is 7.96. The molecule has 5 nitrogen and oxygen atoms in total. The molecule has 0 heterocycles. The van der Waals surface area contributed by atoms with Crippen molar-refractivity contribution in [2.24, 2.45) is 0 Å². The summed E-state index contributed by atoms with van der Waals surface area (Å²) in [5.41, 5.74) is -6.76. The molecule has 0 atom stereocenters. The van der Waals surface area contributed by atoms with Crippen molar-refractivity contribution >= 4 is 18.0 Å². The van der Waals surface area contributed by atoms with E-state index in [0.717, 1.165) is 0 Å². The van der Waals surface area contributed by atoms with Crippen molar-refractivity contribution in [1.82, 2.24) is 0 Å². The molecule has 1 N–H and O–H groups in total. The zero-order chi connectivity index (χ0) is 22.6. The van der Waals surface area contributed by atoms with Crippen LogP contribution in [-0.4, -0.2) is 58.4 Å². The lowest BCUT2D eigenvalue weighted by Crippen LogP contribution is -2.84. The van der Waals surface area contributed by atoms with Crippen molar-refractivity contribution in [3.63, 3.8) is 0 Å². The molecule has 19 heteroatoms. The summed E-state index contributed by atoms with van der Waals surface area (Å²) in [4.78, 5) is 10.8. The summed E-state index contributed by atoms with van der Waals surface area (Å²) in [6.07, 6.45) is 0. The largest absolute Gasteiger partial charge is 0.457 e. The maximum Gasteiger partial charge on any atom is 0.415 e. The summed E-state index contributed by atoms with van der Waals surface area (Å²) in [7, 11) is 0. The van der Waals surface area contributed by atoms with E-state index in [1.54, 1.807) is 0 Å². The molecule has 1 rings (SSSR count). The molecule has 0 unspecified atom stereocenters. The van der Waals surface area contributed by atoms with Gasteiger partial charge >= 0.3 is 40.8 Å². The number of ether oxygens (including phenoxy) is 1. The molecule has 1 fully saturated rings. The van der Waals surface area contributed by atoms with E-state index in [4.69, 9.17) is 5.26 Å². The summed E-state index contributed by atoms with van der Waals surface area (Å²) in [5, 5.41) is 4.94. The zero-order valence-electron chi connectivity index (χ0n) is 12.1. The molecule has 0 aromatic rings. The fraction of sp³-hybridized carbons (Fsp3) is 0.889. The molecule has 166 valence electrons. The predicted octanol–water partition coefficient (Wildman–Crippen LogP) is 4.09. The van der Waals surface area contributed by atoms with Crippen LogP contribution in [0.2, 0.25) is 0 Å². The molecule has 0 aromatic heterocycles. The average molecular weight is 470 g/mol. The van der Waals surface area contributed by atoms with E-state index >= 15 is 0 Å². The van der Waals surface area contributed by atoms with Crippen LogP contribution in [0.15, 0.2) is 0 Å². The number of alkyl halides is 13. The van der Waals surface area contributed by atoms with E-state index in [0.29, 0.717) is 0 Å². The van der Waals surface area contributed by atoms with E-state index in [-0.39, 0.29) is 0 Å². The number of carbonyl (C=O) groups excluding carboxylic acids is 1. The van der Waals surface area contributed by atoms with Gasteiger partial charge < -0.3 is 4.74 Å². The molecular formula is C9H3F13O5S.